The second-order valence-electron chi connectivity index (χ2n) is 6.69. The Kier molecular flexibility index (Phi) is 6.38. The fourth-order valence-corrected chi connectivity index (χ4v) is 4.45. The van der Waals surface area contributed by atoms with Crippen molar-refractivity contribution < 1.29 is 22.0 Å². The number of hydrogen-bond donors (Lipinski definition) is 2. The topological polar surface area (TPSA) is 78.5 Å². The first kappa shape index (κ1) is 20.4. The lowest BCUT2D eigenvalue weighted by atomic mass is 10.1. The second-order valence-corrected chi connectivity index (χ2v) is 8.41. The van der Waals surface area contributed by atoms with Crippen LogP contribution < -0.4 is 10.0 Å². The van der Waals surface area contributed by atoms with E-state index in [0.29, 0.717) is 32.0 Å². The molecule has 1 fully saturated rings. The van der Waals surface area contributed by atoms with Crippen LogP contribution in [0.4, 0.5) is 14.5 Å². The van der Waals surface area contributed by atoms with Crippen LogP contribution in [-0.2, 0) is 14.8 Å². The van der Waals surface area contributed by atoms with Crippen molar-refractivity contribution in [3.05, 3.63) is 60.2 Å². The Bertz CT molecular complexity index is 910. The number of piperidine rings is 1. The van der Waals surface area contributed by atoms with Gasteiger partial charge >= 0.3 is 0 Å². The van der Waals surface area contributed by atoms with Crippen LogP contribution in [0.15, 0.2) is 53.4 Å². The van der Waals surface area contributed by atoms with Gasteiger partial charge in [-0.1, -0.05) is 18.2 Å². The molecule has 0 atom stereocenters. The molecule has 2 N–H and O–H groups in total. The molecule has 28 heavy (non-hydrogen) atoms. The highest BCUT2D eigenvalue weighted by atomic mass is 32.2. The largest absolute Gasteiger partial charge is 0.325 e. The molecule has 6 nitrogen and oxygen atoms in total. The summed E-state index contributed by atoms with van der Waals surface area (Å²) in [4.78, 5) is 13.6. The van der Waals surface area contributed by atoms with E-state index in [1.165, 1.54) is 0 Å². The summed E-state index contributed by atoms with van der Waals surface area (Å²) in [5.74, 6) is -2.03. The van der Waals surface area contributed by atoms with E-state index in [2.05, 4.69) is 10.0 Å². The Labute approximate surface area is 162 Å². The number of carbonyl (C=O) groups excluding carboxylic acids is 1. The van der Waals surface area contributed by atoms with Crippen molar-refractivity contribution in [2.45, 2.75) is 23.8 Å². The number of rotatable bonds is 6. The molecule has 0 bridgehead atoms. The van der Waals surface area contributed by atoms with E-state index in [-0.39, 0.29) is 18.5 Å². The first-order valence-electron chi connectivity index (χ1n) is 8.87. The Balaban J connectivity index is 1.50. The molecule has 0 saturated carbocycles. The van der Waals surface area contributed by atoms with Gasteiger partial charge in [-0.05, 0) is 37.1 Å². The molecule has 0 aliphatic carbocycles. The normalized spacial score (nSPS) is 16.1. The summed E-state index contributed by atoms with van der Waals surface area (Å²) in [6, 6.07) is 11.0. The lowest BCUT2D eigenvalue weighted by molar-refractivity contribution is -0.117. The number of carbonyl (C=O) groups is 1. The molecule has 0 spiro atoms. The van der Waals surface area contributed by atoms with Crippen molar-refractivity contribution in [3.63, 3.8) is 0 Å². The van der Waals surface area contributed by atoms with E-state index in [0.717, 1.165) is 17.8 Å². The van der Waals surface area contributed by atoms with Gasteiger partial charge < -0.3 is 5.32 Å². The minimum atomic E-state index is -4.01. The Morgan fingerprint density at radius 2 is 1.64 bits per heavy atom. The smallest absolute Gasteiger partial charge is 0.241 e. The molecule has 1 amide bonds. The van der Waals surface area contributed by atoms with Crippen LogP contribution in [0, 0.1) is 11.6 Å². The van der Waals surface area contributed by atoms with Crippen molar-refractivity contribution >= 4 is 21.6 Å². The first-order chi connectivity index (χ1) is 13.3. The number of halogens is 2. The van der Waals surface area contributed by atoms with E-state index in [1.807, 2.05) is 23.1 Å². The van der Waals surface area contributed by atoms with Crippen molar-refractivity contribution in [2.75, 3.05) is 25.0 Å². The average molecular weight is 409 g/mol. The summed E-state index contributed by atoms with van der Waals surface area (Å²) < 4.78 is 53.8. The molecule has 3 rings (SSSR count). The van der Waals surface area contributed by atoms with Gasteiger partial charge in [0.1, 0.15) is 11.6 Å². The van der Waals surface area contributed by atoms with Gasteiger partial charge in [-0.15, -0.1) is 0 Å². The number of benzene rings is 2. The highest BCUT2D eigenvalue weighted by molar-refractivity contribution is 7.89. The van der Waals surface area contributed by atoms with Gasteiger partial charge in [0.25, 0.3) is 0 Å². The van der Waals surface area contributed by atoms with Crippen LogP contribution in [0.1, 0.15) is 12.8 Å². The molecular formula is C19H21F2N3O3S. The quantitative estimate of drug-likeness (QED) is 0.768. The predicted octanol–water partition coefficient (Wildman–Crippen LogP) is 2.35. The van der Waals surface area contributed by atoms with Crippen molar-refractivity contribution in [2.24, 2.45) is 0 Å². The third-order valence-corrected chi connectivity index (χ3v) is 5.98. The molecule has 0 unspecified atom stereocenters. The summed E-state index contributed by atoms with van der Waals surface area (Å²) >= 11 is 0. The molecule has 1 aliphatic heterocycles. The van der Waals surface area contributed by atoms with Gasteiger partial charge in [0.05, 0.1) is 11.4 Å². The van der Waals surface area contributed by atoms with Gasteiger partial charge in [0.15, 0.2) is 0 Å². The van der Waals surface area contributed by atoms with Crippen LogP contribution in [0.2, 0.25) is 0 Å². The summed E-state index contributed by atoms with van der Waals surface area (Å²) in [7, 11) is -4.01. The SMILES string of the molecule is O=C(CN1CCC(NS(=O)(=O)c2cc(F)cc(F)c2)CC1)Nc1ccccc1. The molecule has 1 aliphatic rings. The molecule has 1 heterocycles. The van der Waals surface area contributed by atoms with E-state index in [4.69, 9.17) is 0 Å². The number of hydrogen-bond acceptors (Lipinski definition) is 4. The summed E-state index contributed by atoms with van der Waals surface area (Å²) in [6.07, 6.45) is 0.991. The van der Waals surface area contributed by atoms with Crippen molar-refractivity contribution in [1.82, 2.24) is 9.62 Å². The molecule has 2 aromatic carbocycles. The van der Waals surface area contributed by atoms with Gasteiger partial charge in [0, 0.05) is 30.9 Å². The number of amides is 1. The zero-order valence-electron chi connectivity index (χ0n) is 15.1. The van der Waals surface area contributed by atoms with Gasteiger partial charge in [-0.25, -0.2) is 21.9 Å². The highest BCUT2D eigenvalue weighted by Crippen LogP contribution is 2.17. The minimum absolute atomic E-state index is 0.138. The van der Waals surface area contributed by atoms with Crippen molar-refractivity contribution in [3.8, 4) is 0 Å². The van der Waals surface area contributed by atoms with Crippen LogP contribution in [0.3, 0.4) is 0 Å². The lowest BCUT2D eigenvalue weighted by Crippen LogP contribution is -2.46. The number of likely N-dealkylation sites (tertiary alicyclic amines) is 1. The maximum atomic E-state index is 13.3. The van der Waals surface area contributed by atoms with Crippen LogP contribution in [0.5, 0.6) is 0 Å². The molecule has 0 radical (unpaired) electrons. The lowest BCUT2D eigenvalue weighted by Gasteiger charge is -2.31. The van der Waals surface area contributed by atoms with E-state index < -0.39 is 26.6 Å². The average Bonchev–Trinajstić information content (AvgIpc) is 2.63. The summed E-state index contributed by atoms with van der Waals surface area (Å²) in [5, 5.41) is 2.81. The standard InChI is InChI=1S/C19H21F2N3O3S/c20-14-10-15(21)12-18(11-14)28(26,27)23-17-6-8-24(9-7-17)13-19(25)22-16-4-2-1-3-5-16/h1-5,10-12,17,23H,6-9,13H2,(H,22,25). The number of para-hydroxylation sites is 1. The number of sulfonamides is 1. The monoisotopic (exact) mass is 409 g/mol. The fourth-order valence-electron chi connectivity index (χ4n) is 3.11. The molecule has 9 heteroatoms. The number of nitrogens with one attached hydrogen (secondary N) is 2. The van der Waals surface area contributed by atoms with E-state index >= 15 is 0 Å². The van der Waals surface area contributed by atoms with Crippen LogP contribution in [0.25, 0.3) is 0 Å². The number of anilines is 1. The van der Waals surface area contributed by atoms with E-state index in [1.54, 1.807) is 12.1 Å². The van der Waals surface area contributed by atoms with Crippen molar-refractivity contribution in [1.29, 1.82) is 0 Å². The number of nitrogens with zero attached hydrogens (tertiary/aromatic N) is 1. The minimum Gasteiger partial charge on any atom is -0.325 e. The third kappa shape index (κ3) is 5.57. The maximum absolute atomic E-state index is 13.3. The Morgan fingerprint density at radius 3 is 2.25 bits per heavy atom. The van der Waals surface area contributed by atoms with Gasteiger partial charge in [0.2, 0.25) is 15.9 Å². The third-order valence-electron chi connectivity index (χ3n) is 4.48. The second kappa shape index (κ2) is 8.76. The highest BCUT2D eigenvalue weighted by Gasteiger charge is 2.26. The summed E-state index contributed by atoms with van der Waals surface area (Å²) in [6.45, 7) is 1.28. The van der Waals surface area contributed by atoms with Gasteiger partial charge in [-0.2, -0.15) is 0 Å². The van der Waals surface area contributed by atoms with Crippen LogP contribution >= 0.6 is 0 Å². The van der Waals surface area contributed by atoms with Gasteiger partial charge in [-0.3, -0.25) is 9.69 Å². The maximum Gasteiger partial charge on any atom is 0.241 e. The molecule has 1 saturated heterocycles. The predicted molar refractivity (Wildman–Crippen MR) is 101 cm³/mol. The summed E-state index contributed by atoms with van der Waals surface area (Å²) in [5.41, 5.74) is 0.720. The molecule has 150 valence electrons. The zero-order chi connectivity index (χ0) is 20.1. The molecular weight excluding hydrogens is 388 g/mol. The van der Waals surface area contributed by atoms with E-state index in [9.17, 15) is 22.0 Å². The molecule has 0 aromatic heterocycles. The fraction of sp³-hybridized carbons (Fsp3) is 0.316. The first-order valence-corrected chi connectivity index (χ1v) is 10.4. The Hall–Kier alpha value is -2.36. The molecule has 2 aromatic rings. The zero-order valence-corrected chi connectivity index (χ0v) is 15.9. The Morgan fingerprint density at radius 1 is 1.04 bits per heavy atom. The van der Waals surface area contributed by atoms with Crippen LogP contribution in [-0.4, -0.2) is 44.9 Å².